The molecule has 5 nitrogen and oxygen atoms in total. The van der Waals surface area contributed by atoms with Gasteiger partial charge in [-0.25, -0.2) is 0 Å². The summed E-state index contributed by atoms with van der Waals surface area (Å²) in [5, 5.41) is 14.2. The van der Waals surface area contributed by atoms with Crippen LogP contribution in [0.3, 0.4) is 0 Å². The van der Waals surface area contributed by atoms with Gasteiger partial charge in [0.05, 0.1) is 12.6 Å². The number of nitrogens with one attached hydrogen (secondary N) is 2. The third kappa shape index (κ3) is 4.40. The number of benzene rings is 2. The molecule has 0 bridgehead atoms. The monoisotopic (exact) mass is 312 g/mol. The summed E-state index contributed by atoms with van der Waals surface area (Å²) in [5.41, 5.74) is 2.35. The Morgan fingerprint density at radius 3 is 2.30 bits per heavy atom. The summed E-state index contributed by atoms with van der Waals surface area (Å²) >= 11 is 0. The van der Waals surface area contributed by atoms with E-state index >= 15 is 0 Å². The molecule has 0 aromatic heterocycles. The highest BCUT2D eigenvalue weighted by Crippen LogP contribution is 2.27. The van der Waals surface area contributed by atoms with E-state index in [1.54, 1.807) is 12.1 Å². The van der Waals surface area contributed by atoms with E-state index in [0.717, 1.165) is 11.1 Å². The van der Waals surface area contributed by atoms with Crippen molar-refractivity contribution in [2.24, 2.45) is 0 Å². The SMILES string of the molecule is CCC(CO)NC(=O)C(=O)Nc1ccccc1-c1ccccc1. The molecule has 2 amide bonds. The van der Waals surface area contributed by atoms with Gasteiger partial charge in [0, 0.05) is 11.3 Å². The zero-order chi connectivity index (χ0) is 16.7. The van der Waals surface area contributed by atoms with E-state index in [-0.39, 0.29) is 6.61 Å². The van der Waals surface area contributed by atoms with Gasteiger partial charge >= 0.3 is 11.8 Å². The molecular weight excluding hydrogens is 292 g/mol. The first-order valence-corrected chi connectivity index (χ1v) is 7.52. The van der Waals surface area contributed by atoms with Gasteiger partial charge < -0.3 is 15.7 Å². The molecule has 0 aliphatic heterocycles. The molecule has 0 spiro atoms. The van der Waals surface area contributed by atoms with Crippen molar-refractivity contribution in [3.05, 3.63) is 54.6 Å². The lowest BCUT2D eigenvalue weighted by atomic mass is 10.0. The topological polar surface area (TPSA) is 78.4 Å². The molecule has 2 rings (SSSR count). The molecule has 2 aromatic rings. The van der Waals surface area contributed by atoms with Crippen molar-refractivity contribution in [3.8, 4) is 11.1 Å². The predicted molar refractivity (Wildman–Crippen MR) is 89.8 cm³/mol. The normalized spacial score (nSPS) is 11.6. The van der Waals surface area contributed by atoms with E-state index in [1.807, 2.05) is 49.4 Å². The number of amides is 2. The Balaban J connectivity index is 2.14. The Morgan fingerprint density at radius 2 is 1.65 bits per heavy atom. The molecule has 2 aromatic carbocycles. The summed E-state index contributed by atoms with van der Waals surface area (Å²) in [7, 11) is 0. The van der Waals surface area contributed by atoms with Crippen LogP contribution in [0, 0.1) is 0 Å². The summed E-state index contributed by atoms with van der Waals surface area (Å²) in [6, 6.07) is 16.5. The van der Waals surface area contributed by atoms with Gasteiger partial charge in [-0.1, -0.05) is 55.5 Å². The number of rotatable bonds is 5. The Labute approximate surface area is 135 Å². The lowest BCUT2D eigenvalue weighted by Crippen LogP contribution is -2.43. The van der Waals surface area contributed by atoms with Crippen molar-refractivity contribution < 1.29 is 14.7 Å². The molecular formula is C18H20N2O3. The van der Waals surface area contributed by atoms with Gasteiger partial charge in [-0.3, -0.25) is 9.59 Å². The van der Waals surface area contributed by atoms with Crippen LogP contribution < -0.4 is 10.6 Å². The van der Waals surface area contributed by atoms with Crippen LogP contribution in [0.2, 0.25) is 0 Å². The highest BCUT2D eigenvalue weighted by atomic mass is 16.3. The number of hydrogen-bond acceptors (Lipinski definition) is 3. The van der Waals surface area contributed by atoms with Gasteiger partial charge in [-0.05, 0) is 18.1 Å². The zero-order valence-corrected chi connectivity index (χ0v) is 13.0. The molecule has 0 radical (unpaired) electrons. The van der Waals surface area contributed by atoms with Crippen LogP contribution >= 0.6 is 0 Å². The number of para-hydroxylation sites is 1. The van der Waals surface area contributed by atoms with Crippen LogP contribution in [0.1, 0.15) is 13.3 Å². The fraction of sp³-hybridized carbons (Fsp3) is 0.222. The van der Waals surface area contributed by atoms with Crippen LogP contribution in [0.15, 0.2) is 54.6 Å². The van der Waals surface area contributed by atoms with Crippen molar-refractivity contribution in [2.45, 2.75) is 19.4 Å². The molecule has 1 unspecified atom stereocenters. The molecule has 0 saturated carbocycles. The van der Waals surface area contributed by atoms with Crippen LogP contribution in [-0.2, 0) is 9.59 Å². The average molecular weight is 312 g/mol. The van der Waals surface area contributed by atoms with Crippen molar-refractivity contribution in [1.82, 2.24) is 5.32 Å². The number of carbonyl (C=O) groups is 2. The maximum absolute atomic E-state index is 12.1. The average Bonchev–Trinajstić information content (AvgIpc) is 2.60. The molecule has 0 aliphatic rings. The van der Waals surface area contributed by atoms with Gasteiger partial charge in [0.15, 0.2) is 0 Å². The molecule has 0 fully saturated rings. The number of aliphatic hydroxyl groups is 1. The van der Waals surface area contributed by atoms with Crippen molar-refractivity contribution in [3.63, 3.8) is 0 Å². The summed E-state index contributed by atoms with van der Waals surface area (Å²) in [6.07, 6.45) is 0.552. The minimum Gasteiger partial charge on any atom is -0.394 e. The van der Waals surface area contributed by atoms with Gasteiger partial charge in [0.1, 0.15) is 0 Å². The molecule has 120 valence electrons. The van der Waals surface area contributed by atoms with E-state index in [4.69, 9.17) is 5.11 Å². The second kappa shape index (κ2) is 8.10. The van der Waals surface area contributed by atoms with Gasteiger partial charge in [0.25, 0.3) is 0 Å². The Kier molecular flexibility index (Phi) is 5.88. The number of hydrogen-bond donors (Lipinski definition) is 3. The lowest BCUT2D eigenvalue weighted by Gasteiger charge is -2.15. The van der Waals surface area contributed by atoms with Crippen LogP contribution in [0.5, 0.6) is 0 Å². The molecule has 0 heterocycles. The van der Waals surface area contributed by atoms with E-state index < -0.39 is 17.9 Å². The second-order valence-electron chi connectivity index (χ2n) is 5.13. The van der Waals surface area contributed by atoms with E-state index in [1.165, 1.54) is 0 Å². The number of aliphatic hydroxyl groups excluding tert-OH is 1. The largest absolute Gasteiger partial charge is 0.394 e. The van der Waals surface area contributed by atoms with Crippen LogP contribution in [0.25, 0.3) is 11.1 Å². The van der Waals surface area contributed by atoms with E-state index in [9.17, 15) is 9.59 Å². The Bertz CT molecular complexity index is 667. The predicted octanol–water partition coefficient (Wildman–Crippen LogP) is 2.18. The van der Waals surface area contributed by atoms with Gasteiger partial charge in [-0.15, -0.1) is 0 Å². The highest BCUT2D eigenvalue weighted by Gasteiger charge is 2.18. The third-order valence-corrected chi connectivity index (χ3v) is 3.51. The first-order valence-electron chi connectivity index (χ1n) is 7.52. The maximum atomic E-state index is 12.1. The smallest absolute Gasteiger partial charge is 0.313 e. The molecule has 0 aliphatic carbocycles. The van der Waals surface area contributed by atoms with Crippen LogP contribution in [-0.4, -0.2) is 29.6 Å². The van der Waals surface area contributed by atoms with E-state index in [0.29, 0.717) is 12.1 Å². The van der Waals surface area contributed by atoms with Gasteiger partial charge in [0.2, 0.25) is 0 Å². The first-order chi connectivity index (χ1) is 11.2. The minimum absolute atomic E-state index is 0.198. The molecule has 0 saturated heterocycles. The molecule has 1 atom stereocenters. The number of anilines is 1. The Morgan fingerprint density at radius 1 is 1.00 bits per heavy atom. The summed E-state index contributed by atoms with van der Waals surface area (Å²) < 4.78 is 0. The third-order valence-electron chi connectivity index (χ3n) is 3.51. The van der Waals surface area contributed by atoms with Crippen molar-refractivity contribution in [1.29, 1.82) is 0 Å². The maximum Gasteiger partial charge on any atom is 0.313 e. The van der Waals surface area contributed by atoms with Gasteiger partial charge in [-0.2, -0.15) is 0 Å². The summed E-state index contributed by atoms with van der Waals surface area (Å²) in [6.45, 7) is 1.62. The highest BCUT2D eigenvalue weighted by molar-refractivity contribution is 6.40. The Hall–Kier alpha value is -2.66. The van der Waals surface area contributed by atoms with E-state index in [2.05, 4.69) is 10.6 Å². The summed E-state index contributed by atoms with van der Waals surface area (Å²) in [5.74, 6) is -1.51. The van der Waals surface area contributed by atoms with Crippen LogP contribution in [0.4, 0.5) is 5.69 Å². The fourth-order valence-corrected chi connectivity index (χ4v) is 2.17. The second-order valence-corrected chi connectivity index (χ2v) is 5.13. The molecule has 3 N–H and O–H groups in total. The summed E-state index contributed by atoms with van der Waals surface area (Å²) in [4.78, 5) is 23.9. The van der Waals surface area contributed by atoms with Crippen molar-refractivity contribution in [2.75, 3.05) is 11.9 Å². The quantitative estimate of drug-likeness (QED) is 0.741. The first kappa shape index (κ1) is 16.7. The fourth-order valence-electron chi connectivity index (χ4n) is 2.17. The van der Waals surface area contributed by atoms with Crippen molar-refractivity contribution >= 4 is 17.5 Å². The lowest BCUT2D eigenvalue weighted by molar-refractivity contribution is -0.136. The number of carbonyl (C=O) groups excluding carboxylic acids is 2. The minimum atomic E-state index is -0.756. The standard InChI is InChI=1S/C18H20N2O3/c1-2-14(12-21)19-17(22)18(23)20-16-11-7-6-10-15(16)13-8-4-3-5-9-13/h3-11,14,21H,2,12H2,1H3,(H,19,22)(H,20,23). The zero-order valence-electron chi connectivity index (χ0n) is 13.0. The molecule has 23 heavy (non-hydrogen) atoms. The molecule has 5 heteroatoms.